The Morgan fingerprint density at radius 1 is 0.850 bits per heavy atom. The normalized spacial score (nSPS) is 10.7. The molecule has 0 saturated carbocycles. The Morgan fingerprint density at radius 3 is 1.55 bits per heavy atom. The second kappa shape index (κ2) is 6.09. The van der Waals surface area contributed by atoms with Crippen molar-refractivity contribution in [1.82, 2.24) is 0 Å². The Morgan fingerprint density at radius 2 is 1.25 bits per heavy atom. The first-order chi connectivity index (χ1) is 9.56. The molecule has 0 bridgehead atoms. The molecule has 0 N–H and O–H groups in total. The zero-order chi connectivity index (χ0) is 14.7. The van der Waals surface area contributed by atoms with E-state index in [0.717, 1.165) is 0 Å². The third-order valence-electron chi connectivity index (χ3n) is 2.96. The topological polar surface area (TPSA) is 18.5 Å². The van der Waals surface area contributed by atoms with Gasteiger partial charge in [0.1, 0.15) is 23.1 Å². The number of ether oxygens (including phenoxy) is 2. The Labute approximate surface area is 120 Å². The third-order valence-corrected chi connectivity index (χ3v) is 3.43. The summed E-state index contributed by atoms with van der Waals surface area (Å²) < 4.78 is 37.7. The maximum Gasteiger partial charge on any atom is 0.131 e. The molecule has 0 radical (unpaired) electrons. The molecule has 106 valence electrons. The van der Waals surface area contributed by atoms with E-state index in [4.69, 9.17) is 21.1 Å². The van der Waals surface area contributed by atoms with Gasteiger partial charge in [0.25, 0.3) is 0 Å². The summed E-state index contributed by atoms with van der Waals surface area (Å²) in [5, 5.41) is -0.924. The van der Waals surface area contributed by atoms with Crippen molar-refractivity contribution in [2.75, 3.05) is 14.2 Å². The van der Waals surface area contributed by atoms with Crippen LogP contribution in [-0.4, -0.2) is 14.2 Å². The zero-order valence-corrected chi connectivity index (χ0v) is 11.7. The van der Waals surface area contributed by atoms with E-state index in [1.807, 2.05) is 0 Å². The molecule has 0 unspecified atom stereocenters. The van der Waals surface area contributed by atoms with E-state index in [1.165, 1.54) is 38.5 Å². The van der Waals surface area contributed by atoms with Crippen LogP contribution in [0, 0.1) is 11.6 Å². The lowest BCUT2D eigenvalue weighted by molar-refractivity contribution is 0.410. The van der Waals surface area contributed by atoms with Crippen molar-refractivity contribution in [3.8, 4) is 11.5 Å². The molecule has 0 aliphatic rings. The molecule has 5 heteroatoms. The summed E-state index contributed by atoms with van der Waals surface area (Å²) in [4.78, 5) is 0. The van der Waals surface area contributed by atoms with Gasteiger partial charge in [-0.2, -0.15) is 0 Å². The molecule has 0 amide bonds. The molecular formula is C15H13ClF2O2. The minimum absolute atomic E-state index is 0.191. The quantitative estimate of drug-likeness (QED) is 0.783. The van der Waals surface area contributed by atoms with Gasteiger partial charge < -0.3 is 9.47 Å². The second-order valence-electron chi connectivity index (χ2n) is 4.14. The first-order valence-corrected chi connectivity index (χ1v) is 6.31. The average Bonchev–Trinajstić information content (AvgIpc) is 2.46. The molecule has 2 aromatic carbocycles. The predicted octanol–water partition coefficient (Wildman–Crippen LogP) is 4.31. The molecule has 0 saturated heterocycles. The minimum Gasteiger partial charge on any atom is -0.497 e. The highest BCUT2D eigenvalue weighted by Gasteiger charge is 2.19. The Kier molecular flexibility index (Phi) is 4.45. The van der Waals surface area contributed by atoms with Crippen LogP contribution in [0.5, 0.6) is 11.5 Å². The first kappa shape index (κ1) is 14.6. The third kappa shape index (κ3) is 2.85. The fourth-order valence-corrected chi connectivity index (χ4v) is 2.20. The fraction of sp³-hybridized carbons (Fsp3) is 0.200. The van der Waals surface area contributed by atoms with Crippen LogP contribution >= 0.6 is 11.6 Å². The summed E-state index contributed by atoms with van der Waals surface area (Å²) in [6.07, 6.45) is 0. The van der Waals surface area contributed by atoms with E-state index in [0.29, 0.717) is 11.5 Å². The lowest BCUT2D eigenvalue weighted by Gasteiger charge is -2.14. The summed E-state index contributed by atoms with van der Waals surface area (Å²) in [6, 6.07) is 8.55. The molecule has 0 aliphatic heterocycles. The van der Waals surface area contributed by atoms with Gasteiger partial charge in [0.15, 0.2) is 0 Å². The van der Waals surface area contributed by atoms with Gasteiger partial charge in [-0.15, -0.1) is 11.6 Å². The van der Waals surface area contributed by atoms with E-state index in [2.05, 4.69) is 0 Å². The van der Waals surface area contributed by atoms with Crippen molar-refractivity contribution in [1.29, 1.82) is 0 Å². The Balaban J connectivity index is 2.38. The van der Waals surface area contributed by atoms with Crippen LogP contribution in [0.1, 0.15) is 16.5 Å². The molecule has 20 heavy (non-hydrogen) atoms. The molecule has 0 spiro atoms. The van der Waals surface area contributed by atoms with Gasteiger partial charge in [-0.25, -0.2) is 8.78 Å². The first-order valence-electron chi connectivity index (χ1n) is 5.87. The molecule has 0 aliphatic carbocycles. The van der Waals surface area contributed by atoms with Crippen molar-refractivity contribution < 1.29 is 18.3 Å². The zero-order valence-electron chi connectivity index (χ0n) is 11.0. The van der Waals surface area contributed by atoms with E-state index < -0.39 is 17.0 Å². The van der Waals surface area contributed by atoms with Gasteiger partial charge in [0.2, 0.25) is 0 Å². The molecule has 2 nitrogen and oxygen atoms in total. The monoisotopic (exact) mass is 298 g/mol. The largest absolute Gasteiger partial charge is 0.497 e. The van der Waals surface area contributed by atoms with Gasteiger partial charge in [0, 0.05) is 23.3 Å². The molecule has 2 rings (SSSR count). The van der Waals surface area contributed by atoms with Gasteiger partial charge in [0.05, 0.1) is 19.6 Å². The molecule has 2 aromatic rings. The summed E-state index contributed by atoms with van der Waals surface area (Å²) >= 11 is 6.17. The van der Waals surface area contributed by atoms with E-state index in [9.17, 15) is 8.78 Å². The number of hydrogen-bond donors (Lipinski definition) is 0. The smallest absolute Gasteiger partial charge is 0.131 e. The lowest BCUT2D eigenvalue weighted by atomic mass is 10.0. The fourth-order valence-electron chi connectivity index (χ4n) is 1.85. The molecule has 0 fully saturated rings. The van der Waals surface area contributed by atoms with Crippen LogP contribution in [0.15, 0.2) is 36.4 Å². The number of halogens is 3. The van der Waals surface area contributed by atoms with E-state index >= 15 is 0 Å². The maximum atomic E-state index is 13.9. The number of benzene rings is 2. The standard InChI is InChI=1S/C15H13ClF2O2/c1-19-9-3-5-11(13(17)7-9)15(16)12-6-4-10(20-2)8-14(12)18/h3-8,15H,1-2H3. The SMILES string of the molecule is COc1ccc(C(Cl)c2ccc(OC)cc2F)c(F)c1. The highest BCUT2D eigenvalue weighted by Crippen LogP contribution is 2.34. The highest BCUT2D eigenvalue weighted by atomic mass is 35.5. The summed E-state index contributed by atoms with van der Waals surface area (Å²) in [7, 11) is 2.88. The van der Waals surface area contributed by atoms with E-state index in [-0.39, 0.29) is 11.1 Å². The summed E-state index contributed by atoms with van der Waals surface area (Å²) in [5.74, 6) is -0.324. The Bertz CT molecular complexity index is 563. The second-order valence-corrected chi connectivity index (χ2v) is 4.57. The van der Waals surface area contributed by atoms with Crippen LogP contribution < -0.4 is 9.47 Å². The number of alkyl halides is 1. The Hall–Kier alpha value is -1.81. The number of rotatable bonds is 4. The lowest BCUT2D eigenvalue weighted by Crippen LogP contribution is -2.01. The van der Waals surface area contributed by atoms with Crippen molar-refractivity contribution in [2.45, 2.75) is 5.38 Å². The number of hydrogen-bond acceptors (Lipinski definition) is 2. The molecule has 0 atom stereocenters. The minimum atomic E-state index is -0.924. The van der Waals surface area contributed by atoms with Crippen LogP contribution in [0.3, 0.4) is 0 Å². The van der Waals surface area contributed by atoms with Crippen LogP contribution in [-0.2, 0) is 0 Å². The van der Waals surface area contributed by atoms with Gasteiger partial charge in [-0.05, 0) is 12.1 Å². The van der Waals surface area contributed by atoms with Crippen LogP contribution in [0.4, 0.5) is 8.78 Å². The number of methoxy groups -OCH3 is 2. The van der Waals surface area contributed by atoms with Crippen molar-refractivity contribution >= 4 is 11.6 Å². The van der Waals surface area contributed by atoms with Crippen LogP contribution in [0.2, 0.25) is 0 Å². The summed E-state index contributed by atoms with van der Waals surface area (Å²) in [6.45, 7) is 0. The van der Waals surface area contributed by atoms with Gasteiger partial charge >= 0.3 is 0 Å². The summed E-state index contributed by atoms with van der Waals surface area (Å²) in [5.41, 5.74) is 0.382. The van der Waals surface area contributed by atoms with Crippen molar-refractivity contribution in [3.05, 3.63) is 59.2 Å². The highest BCUT2D eigenvalue weighted by molar-refractivity contribution is 6.22. The molecule has 0 aromatic heterocycles. The van der Waals surface area contributed by atoms with Crippen molar-refractivity contribution in [2.24, 2.45) is 0 Å². The predicted molar refractivity (Wildman–Crippen MR) is 73.6 cm³/mol. The van der Waals surface area contributed by atoms with Gasteiger partial charge in [-0.1, -0.05) is 12.1 Å². The molecular weight excluding hydrogens is 286 g/mol. The average molecular weight is 299 g/mol. The molecule has 0 heterocycles. The van der Waals surface area contributed by atoms with Crippen LogP contribution in [0.25, 0.3) is 0 Å². The van der Waals surface area contributed by atoms with Crippen molar-refractivity contribution in [3.63, 3.8) is 0 Å². The van der Waals surface area contributed by atoms with Gasteiger partial charge in [-0.3, -0.25) is 0 Å². The van der Waals surface area contributed by atoms with E-state index in [1.54, 1.807) is 12.1 Å². The maximum absolute atomic E-state index is 13.9.